The molecule has 5 nitrogen and oxygen atoms in total. The van der Waals surface area contributed by atoms with Gasteiger partial charge in [-0.05, 0) is 35.2 Å². The largest absolute Gasteiger partial charge is 0.351 e. The molecule has 1 aromatic heterocycles. The van der Waals surface area contributed by atoms with Crippen LogP contribution in [0.4, 0.5) is 10.5 Å². The number of hydrogen-bond acceptors (Lipinski definition) is 4. The summed E-state index contributed by atoms with van der Waals surface area (Å²) in [5.41, 5.74) is 6.80. The Morgan fingerprint density at radius 3 is 2.70 bits per heavy atom. The summed E-state index contributed by atoms with van der Waals surface area (Å²) >= 11 is 1.36. The minimum absolute atomic E-state index is 0.0871. The van der Waals surface area contributed by atoms with Gasteiger partial charge in [-0.25, -0.2) is 9.69 Å². The van der Waals surface area contributed by atoms with Gasteiger partial charge in [-0.15, -0.1) is 11.3 Å². The van der Waals surface area contributed by atoms with Gasteiger partial charge in [-0.1, -0.05) is 6.07 Å². The molecule has 0 saturated heterocycles. The zero-order valence-electron chi connectivity index (χ0n) is 10.3. The standard InChI is InChI=1S/C14H10N2O3S/c15-14(19)16-10-4-3-8(6-9(10)7-12(16)17)13(18)11-2-1-5-20-11/h1-6H,7H2,(H2,15,19). The minimum Gasteiger partial charge on any atom is -0.351 e. The summed E-state index contributed by atoms with van der Waals surface area (Å²) in [6.07, 6.45) is 0.0871. The van der Waals surface area contributed by atoms with Crippen LogP contribution in [-0.2, 0) is 11.2 Å². The maximum atomic E-state index is 12.2. The molecule has 2 heterocycles. The van der Waals surface area contributed by atoms with Crippen LogP contribution in [0, 0.1) is 0 Å². The number of nitrogens with zero attached hydrogens (tertiary/aromatic N) is 1. The van der Waals surface area contributed by atoms with Gasteiger partial charge in [-0.3, -0.25) is 9.59 Å². The van der Waals surface area contributed by atoms with E-state index in [-0.39, 0.29) is 18.1 Å². The molecule has 2 aromatic rings. The van der Waals surface area contributed by atoms with E-state index in [1.165, 1.54) is 11.3 Å². The lowest BCUT2D eigenvalue weighted by Gasteiger charge is -2.12. The highest BCUT2D eigenvalue weighted by molar-refractivity contribution is 7.12. The SMILES string of the molecule is NC(=O)N1C(=O)Cc2cc(C(=O)c3cccs3)ccc21. The number of carbonyl (C=O) groups is 3. The van der Waals surface area contributed by atoms with Crippen molar-refractivity contribution in [1.29, 1.82) is 0 Å². The quantitative estimate of drug-likeness (QED) is 0.857. The number of urea groups is 1. The van der Waals surface area contributed by atoms with Gasteiger partial charge in [0.25, 0.3) is 0 Å². The van der Waals surface area contributed by atoms with Gasteiger partial charge in [0.05, 0.1) is 17.0 Å². The molecule has 0 fully saturated rings. The van der Waals surface area contributed by atoms with Crippen LogP contribution in [0.5, 0.6) is 0 Å². The number of rotatable bonds is 2. The van der Waals surface area contributed by atoms with Gasteiger partial charge in [0.1, 0.15) is 0 Å². The molecule has 0 saturated carbocycles. The van der Waals surface area contributed by atoms with Crippen LogP contribution in [-0.4, -0.2) is 17.7 Å². The van der Waals surface area contributed by atoms with Crippen molar-refractivity contribution in [2.75, 3.05) is 4.90 Å². The second-order valence-electron chi connectivity index (χ2n) is 4.39. The lowest BCUT2D eigenvalue weighted by atomic mass is 10.0. The van der Waals surface area contributed by atoms with Crippen molar-refractivity contribution >= 4 is 34.7 Å². The predicted octanol–water partition coefficient (Wildman–Crippen LogP) is 1.95. The smallest absolute Gasteiger partial charge is 0.326 e. The average Bonchev–Trinajstić information content (AvgIpc) is 3.02. The number of amides is 3. The molecular weight excluding hydrogens is 276 g/mol. The van der Waals surface area contributed by atoms with Crippen molar-refractivity contribution in [2.45, 2.75) is 6.42 Å². The van der Waals surface area contributed by atoms with E-state index in [0.717, 1.165) is 4.90 Å². The van der Waals surface area contributed by atoms with Crippen molar-refractivity contribution in [2.24, 2.45) is 5.73 Å². The number of nitrogens with two attached hydrogens (primary N) is 1. The number of thiophene rings is 1. The fourth-order valence-electron chi connectivity index (χ4n) is 2.25. The summed E-state index contributed by atoms with van der Waals surface area (Å²) < 4.78 is 0. The highest BCUT2D eigenvalue weighted by atomic mass is 32.1. The van der Waals surface area contributed by atoms with Crippen LogP contribution in [0.3, 0.4) is 0 Å². The Hall–Kier alpha value is -2.47. The summed E-state index contributed by atoms with van der Waals surface area (Å²) in [5.74, 6) is -0.457. The van der Waals surface area contributed by atoms with Crippen LogP contribution >= 0.6 is 11.3 Å². The molecule has 6 heteroatoms. The van der Waals surface area contributed by atoms with Crippen molar-refractivity contribution in [3.8, 4) is 0 Å². The summed E-state index contributed by atoms with van der Waals surface area (Å²) in [6.45, 7) is 0. The minimum atomic E-state index is -0.800. The van der Waals surface area contributed by atoms with Gasteiger partial charge in [-0.2, -0.15) is 0 Å². The van der Waals surface area contributed by atoms with Crippen LogP contribution in [0.15, 0.2) is 35.7 Å². The second kappa shape index (κ2) is 4.57. The summed E-state index contributed by atoms with van der Waals surface area (Å²) in [7, 11) is 0. The number of benzene rings is 1. The third-order valence-corrected chi connectivity index (χ3v) is 4.01. The molecule has 3 amide bonds. The zero-order chi connectivity index (χ0) is 14.3. The predicted molar refractivity (Wildman–Crippen MR) is 75.0 cm³/mol. The van der Waals surface area contributed by atoms with Gasteiger partial charge < -0.3 is 5.73 Å². The van der Waals surface area contributed by atoms with Gasteiger partial charge >= 0.3 is 6.03 Å². The van der Waals surface area contributed by atoms with Crippen LogP contribution in [0.2, 0.25) is 0 Å². The lowest BCUT2D eigenvalue weighted by molar-refractivity contribution is -0.116. The Morgan fingerprint density at radius 2 is 2.05 bits per heavy atom. The first-order valence-electron chi connectivity index (χ1n) is 5.91. The molecule has 1 aliphatic heterocycles. The molecular formula is C14H10N2O3S. The zero-order valence-corrected chi connectivity index (χ0v) is 11.1. The Kier molecular flexibility index (Phi) is 2.87. The molecule has 20 heavy (non-hydrogen) atoms. The number of fused-ring (bicyclic) bond motifs is 1. The van der Waals surface area contributed by atoms with Gasteiger partial charge in [0.15, 0.2) is 0 Å². The normalized spacial score (nSPS) is 13.4. The highest BCUT2D eigenvalue weighted by Gasteiger charge is 2.31. The third-order valence-electron chi connectivity index (χ3n) is 3.14. The lowest BCUT2D eigenvalue weighted by Crippen LogP contribution is -2.38. The molecule has 1 aromatic carbocycles. The van der Waals surface area contributed by atoms with E-state index in [4.69, 9.17) is 5.73 Å². The average molecular weight is 286 g/mol. The molecule has 3 rings (SSSR count). The number of hydrogen-bond donors (Lipinski definition) is 1. The summed E-state index contributed by atoms with van der Waals surface area (Å²) in [6, 6.07) is 7.61. The van der Waals surface area contributed by atoms with E-state index in [9.17, 15) is 14.4 Å². The van der Waals surface area contributed by atoms with Crippen LogP contribution in [0.1, 0.15) is 20.8 Å². The first kappa shape index (κ1) is 12.6. The van der Waals surface area contributed by atoms with Gasteiger partial charge in [0, 0.05) is 5.56 Å². The van der Waals surface area contributed by atoms with E-state index in [1.54, 1.807) is 24.3 Å². The first-order valence-corrected chi connectivity index (χ1v) is 6.79. The summed E-state index contributed by atoms with van der Waals surface area (Å²) in [5, 5.41) is 1.83. The number of imide groups is 1. The molecule has 0 radical (unpaired) electrons. The number of primary amides is 1. The number of carbonyl (C=O) groups excluding carboxylic acids is 3. The van der Waals surface area contributed by atoms with E-state index >= 15 is 0 Å². The molecule has 1 aliphatic rings. The topological polar surface area (TPSA) is 80.5 Å². The summed E-state index contributed by atoms with van der Waals surface area (Å²) in [4.78, 5) is 36.8. The number of anilines is 1. The highest BCUT2D eigenvalue weighted by Crippen LogP contribution is 2.30. The monoisotopic (exact) mass is 286 g/mol. The van der Waals surface area contributed by atoms with Gasteiger partial charge in [0.2, 0.25) is 11.7 Å². The molecule has 0 unspecified atom stereocenters. The van der Waals surface area contributed by atoms with Crippen molar-refractivity contribution in [3.63, 3.8) is 0 Å². The Labute approximate surface area is 118 Å². The maximum absolute atomic E-state index is 12.2. The molecule has 0 spiro atoms. The Balaban J connectivity index is 2.00. The van der Waals surface area contributed by atoms with Crippen LogP contribution < -0.4 is 10.6 Å². The molecule has 2 N–H and O–H groups in total. The van der Waals surface area contributed by atoms with Crippen molar-refractivity contribution in [1.82, 2.24) is 0 Å². The molecule has 0 aliphatic carbocycles. The fourth-order valence-corrected chi connectivity index (χ4v) is 2.94. The van der Waals surface area contributed by atoms with E-state index in [2.05, 4.69) is 0 Å². The van der Waals surface area contributed by atoms with Crippen molar-refractivity contribution in [3.05, 3.63) is 51.7 Å². The third kappa shape index (κ3) is 1.90. The number of ketones is 1. The first-order chi connectivity index (χ1) is 9.58. The molecule has 0 bridgehead atoms. The van der Waals surface area contributed by atoms with E-state index < -0.39 is 6.03 Å². The second-order valence-corrected chi connectivity index (χ2v) is 5.34. The van der Waals surface area contributed by atoms with E-state index in [0.29, 0.717) is 21.7 Å². The molecule has 0 atom stereocenters. The Bertz CT molecular complexity index is 722. The fraction of sp³-hybridized carbons (Fsp3) is 0.0714. The molecule has 100 valence electrons. The van der Waals surface area contributed by atoms with E-state index in [1.807, 2.05) is 11.4 Å². The van der Waals surface area contributed by atoms with Crippen molar-refractivity contribution < 1.29 is 14.4 Å². The Morgan fingerprint density at radius 1 is 1.25 bits per heavy atom. The van der Waals surface area contributed by atoms with Crippen LogP contribution in [0.25, 0.3) is 0 Å². The maximum Gasteiger partial charge on any atom is 0.326 e.